The van der Waals surface area contributed by atoms with Crippen molar-refractivity contribution in [1.82, 2.24) is 10.2 Å². The predicted octanol–water partition coefficient (Wildman–Crippen LogP) is 2.18. The van der Waals surface area contributed by atoms with Gasteiger partial charge < -0.3 is 15.0 Å². The van der Waals surface area contributed by atoms with Gasteiger partial charge in [0.1, 0.15) is 5.75 Å². The van der Waals surface area contributed by atoms with Crippen LogP contribution >= 0.6 is 0 Å². The van der Waals surface area contributed by atoms with Gasteiger partial charge in [0.25, 0.3) is 0 Å². The largest absolute Gasteiger partial charge is 0.497 e. The Morgan fingerprint density at radius 3 is 2.62 bits per heavy atom. The van der Waals surface area contributed by atoms with Crippen LogP contribution in [0.4, 0.5) is 0 Å². The van der Waals surface area contributed by atoms with Crippen molar-refractivity contribution in [2.75, 3.05) is 13.7 Å². The predicted molar refractivity (Wildman–Crippen MR) is 82.1 cm³/mol. The molecule has 1 aromatic rings. The van der Waals surface area contributed by atoms with E-state index in [1.807, 2.05) is 29.2 Å². The molecular formula is C17H24N2O2. The first-order valence-electron chi connectivity index (χ1n) is 7.85. The number of nitrogens with zero attached hydrogens (tertiary/aromatic N) is 1. The van der Waals surface area contributed by atoms with Crippen LogP contribution in [-0.2, 0) is 11.3 Å². The lowest BCUT2D eigenvalue weighted by molar-refractivity contribution is -0.130. The Hall–Kier alpha value is -1.55. The molecule has 1 heterocycles. The van der Waals surface area contributed by atoms with Gasteiger partial charge in [0.05, 0.1) is 13.2 Å². The zero-order valence-electron chi connectivity index (χ0n) is 12.8. The van der Waals surface area contributed by atoms with E-state index in [9.17, 15) is 4.79 Å². The lowest BCUT2D eigenvalue weighted by Gasteiger charge is -2.20. The number of likely N-dealkylation sites (tertiary alicyclic amines) is 1. The summed E-state index contributed by atoms with van der Waals surface area (Å²) in [6.45, 7) is 3.75. The van der Waals surface area contributed by atoms with Crippen LogP contribution in [0.2, 0.25) is 0 Å². The highest BCUT2D eigenvalue weighted by Gasteiger charge is 2.35. The number of hydrogen-bond donors (Lipinski definition) is 1. The van der Waals surface area contributed by atoms with Crippen LogP contribution in [0.5, 0.6) is 5.75 Å². The van der Waals surface area contributed by atoms with Crippen molar-refractivity contribution < 1.29 is 9.53 Å². The Bertz CT molecular complexity index is 496. The second-order valence-corrected chi connectivity index (χ2v) is 6.24. The normalized spacial score (nSPS) is 23.4. The molecule has 4 nitrogen and oxygen atoms in total. The van der Waals surface area contributed by atoms with E-state index >= 15 is 0 Å². The molecule has 4 heteroatoms. The number of hydrogen-bond acceptors (Lipinski definition) is 3. The second kappa shape index (κ2) is 6.06. The van der Waals surface area contributed by atoms with Gasteiger partial charge in [-0.3, -0.25) is 4.79 Å². The summed E-state index contributed by atoms with van der Waals surface area (Å²) in [6.07, 6.45) is 3.54. The van der Waals surface area contributed by atoms with Gasteiger partial charge in [-0.25, -0.2) is 0 Å². The van der Waals surface area contributed by atoms with Crippen molar-refractivity contribution >= 4 is 5.91 Å². The van der Waals surface area contributed by atoms with Gasteiger partial charge in [0, 0.05) is 19.1 Å². The number of nitrogens with one attached hydrogen (secondary N) is 1. The molecule has 0 radical (unpaired) electrons. The standard InChI is InChI=1S/C17H24N2O2/c1-12(14-5-6-14)18-16-9-10-19(17(16)20)11-13-3-7-15(21-2)8-4-13/h3-4,7-8,12,14,16,18H,5-6,9-11H2,1-2H3/t12-,16+/m0/s1. The summed E-state index contributed by atoms with van der Waals surface area (Å²) in [6, 6.07) is 8.43. The maximum absolute atomic E-state index is 12.5. The smallest absolute Gasteiger partial charge is 0.240 e. The minimum atomic E-state index is 0.0128. The first-order chi connectivity index (χ1) is 10.2. The summed E-state index contributed by atoms with van der Waals surface area (Å²) >= 11 is 0. The molecule has 2 atom stereocenters. The Balaban J connectivity index is 1.55. The molecule has 3 rings (SSSR count). The van der Waals surface area contributed by atoms with Crippen LogP contribution in [0.3, 0.4) is 0 Å². The third kappa shape index (κ3) is 3.38. The number of ether oxygens (including phenoxy) is 1. The van der Waals surface area contributed by atoms with Gasteiger partial charge in [-0.2, -0.15) is 0 Å². The lowest BCUT2D eigenvalue weighted by atomic mass is 10.1. The van der Waals surface area contributed by atoms with Crippen molar-refractivity contribution in [2.45, 2.75) is 44.8 Å². The summed E-state index contributed by atoms with van der Waals surface area (Å²) < 4.78 is 5.16. The fourth-order valence-corrected chi connectivity index (χ4v) is 3.05. The molecule has 0 spiro atoms. The quantitative estimate of drug-likeness (QED) is 0.872. The Kier molecular flexibility index (Phi) is 4.15. The van der Waals surface area contributed by atoms with Gasteiger partial charge in [0.2, 0.25) is 5.91 Å². The molecule has 1 saturated carbocycles. The molecule has 1 aromatic carbocycles. The van der Waals surface area contributed by atoms with Gasteiger partial charge in [-0.15, -0.1) is 0 Å². The maximum atomic E-state index is 12.5. The maximum Gasteiger partial charge on any atom is 0.240 e. The number of amides is 1. The van der Waals surface area contributed by atoms with Gasteiger partial charge >= 0.3 is 0 Å². The fraction of sp³-hybridized carbons (Fsp3) is 0.588. The molecule has 0 unspecified atom stereocenters. The molecule has 1 saturated heterocycles. The lowest BCUT2D eigenvalue weighted by Crippen LogP contribution is -2.43. The molecule has 0 aromatic heterocycles. The number of carbonyl (C=O) groups excluding carboxylic acids is 1. The molecule has 0 bridgehead atoms. The van der Waals surface area contributed by atoms with Gasteiger partial charge in [-0.05, 0) is 49.8 Å². The topological polar surface area (TPSA) is 41.6 Å². The van der Waals surface area contributed by atoms with E-state index in [1.165, 1.54) is 12.8 Å². The minimum absolute atomic E-state index is 0.0128. The van der Waals surface area contributed by atoms with Gasteiger partial charge in [-0.1, -0.05) is 12.1 Å². The van der Waals surface area contributed by atoms with Crippen LogP contribution < -0.4 is 10.1 Å². The summed E-state index contributed by atoms with van der Waals surface area (Å²) in [4.78, 5) is 14.4. The highest BCUT2D eigenvalue weighted by Crippen LogP contribution is 2.33. The molecular weight excluding hydrogens is 264 g/mol. The average molecular weight is 288 g/mol. The Labute approximate surface area is 126 Å². The van der Waals surface area contributed by atoms with Crippen molar-refractivity contribution in [2.24, 2.45) is 5.92 Å². The van der Waals surface area contributed by atoms with E-state index in [0.717, 1.165) is 30.2 Å². The first kappa shape index (κ1) is 14.4. The van der Waals surface area contributed by atoms with Crippen molar-refractivity contribution in [1.29, 1.82) is 0 Å². The zero-order chi connectivity index (χ0) is 14.8. The molecule has 2 aliphatic rings. The summed E-state index contributed by atoms with van der Waals surface area (Å²) in [5.41, 5.74) is 1.15. The molecule has 1 aliphatic heterocycles. The van der Waals surface area contributed by atoms with Crippen LogP contribution in [0.1, 0.15) is 31.7 Å². The second-order valence-electron chi connectivity index (χ2n) is 6.24. The third-order valence-electron chi connectivity index (χ3n) is 4.62. The minimum Gasteiger partial charge on any atom is -0.497 e. The van der Waals surface area contributed by atoms with Crippen molar-refractivity contribution in [3.8, 4) is 5.75 Å². The number of rotatable bonds is 6. The molecule has 1 N–H and O–H groups in total. The molecule has 2 fully saturated rings. The molecule has 1 aliphatic carbocycles. The average Bonchev–Trinajstić information content (AvgIpc) is 3.30. The summed E-state index contributed by atoms with van der Waals surface area (Å²) in [7, 11) is 1.66. The third-order valence-corrected chi connectivity index (χ3v) is 4.62. The van der Waals surface area contributed by atoms with E-state index < -0.39 is 0 Å². The number of benzene rings is 1. The van der Waals surface area contributed by atoms with E-state index in [-0.39, 0.29) is 11.9 Å². The molecule has 1 amide bonds. The molecule has 21 heavy (non-hydrogen) atoms. The van der Waals surface area contributed by atoms with Crippen molar-refractivity contribution in [3.05, 3.63) is 29.8 Å². The SMILES string of the molecule is COc1ccc(CN2CC[C@@H](N[C@@H](C)C3CC3)C2=O)cc1. The van der Waals surface area contributed by atoms with E-state index in [0.29, 0.717) is 12.6 Å². The zero-order valence-corrected chi connectivity index (χ0v) is 12.8. The fourth-order valence-electron chi connectivity index (χ4n) is 3.05. The molecule has 114 valence electrons. The van der Waals surface area contributed by atoms with E-state index in [4.69, 9.17) is 4.74 Å². The Morgan fingerprint density at radius 1 is 1.29 bits per heavy atom. The monoisotopic (exact) mass is 288 g/mol. The van der Waals surface area contributed by atoms with Crippen LogP contribution in [0.25, 0.3) is 0 Å². The summed E-state index contributed by atoms with van der Waals surface area (Å²) in [5, 5.41) is 3.51. The number of carbonyl (C=O) groups is 1. The van der Waals surface area contributed by atoms with Crippen LogP contribution in [-0.4, -0.2) is 36.5 Å². The summed E-state index contributed by atoms with van der Waals surface area (Å²) in [5.74, 6) is 1.89. The van der Waals surface area contributed by atoms with E-state index in [2.05, 4.69) is 12.2 Å². The van der Waals surface area contributed by atoms with Crippen LogP contribution in [0, 0.1) is 5.92 Å². The Morgan fingerprint density at radius 2 is 2.00 bits per heavy atom. The van der Waals surface area contributed by atoms with Crippen molar-refractivity contribution in [3.63, 3.8) is 0 Å². The van der Waals surface area contributed by atoms with Gasteiger partial charge in [0.15, 0.2) is 0 Å². The first-order valence-corrected chi connectivity index (χ1v) is 7.85. The van der Waals surface area contributed by atoms with Crippen LogP contribution in [0.15, 0.2) is 24.3 Å². The highest BCUT2D eigenvalue weighted by atomic mass is 16.5. The number of methoxy groups -OCH3 is 1. The van der Waals surface area contributed by atoms with E-state index in [1.54, 1.807) is 7.11 Å². The highest BCUT2D eigenvalue weighted by molar-refractivity contribution is 5.84.